The minimum absolute atomic E-state index is 0.151. The largest absolute Gasteiger partial charge is 0.358 e. The number of benzene rings is 1. The van der Waals surface area contributed by atoms with Crippen molar-refractivity contribution in [2.75, 3.05) is 19.6 Å². The molecule has 2 saturated heterocycles. The van der Waals surface area contributed by atoms with E-state index < -0.39 is 0 Å². The first-order chi connectivity index (χ1) is 11.6. The third kappa shape index (κ3) is 2.81. The second-order valence-electron chi connectivity index (χ2n) is 7.21. The zero-order valence-electron chi connectivity index (χ0n) is 14.1. The average molecular weight is 329 g/mol. The van der Waals surface area contributed by atoms with Gasteiger partial charge in [0.2, 0.25) is 5.91 Å². The Kier molecular flexibility index (Phi) is 4.04. The standard InChI is InChI=1S/C19H24FN3O/c1-12-15(16-8-14(20)5-6-17(16)22-12)9-19(24)23-10-13-4-2-3-7-21-18(13)11-23/h5-6,8,13,18,21-22H,2-4,7,9-11H2,1H3/t13-,18+/m0/s1. The molecular formula is C19H24FN3O. The molecule has 0 spiro atoms. The zero-order valence-corrected chi connectivity index (χ0v) is 14.1. The zero-order chi connectivity index (χ0) is 16.7. The topological polar surface area (TPSA) is 48.1 Å². The monoisotopic (exact) mass is 329 g/mol. The van der Waals surface area contributed by atoms with Gasteiger partial charge in [-0.15, -0.1) is 0 Å². The van der Waals surface area contributed by atoms with Crippen molar-refractivity contribution in [3.8, 4) is 0 Å². The van der Waals surface area contributed by atoms with Crippen LogP contribution < -0.4 is 5.32 Å². The first-order valence-electron chi connectivity index (χ1n) is 8.89. The second-order valence-corrected chi connectivity index (χ2v) is 7.21. The molecule has 0 saturated carbocycles. The van der Waals surface area contributed by atoms with E-state index in [-0.39, 0.29) is 11.7 Å². The van der Waals surface area contributed by atoms with Crippen LogP contribution in [0.4, 0.5) is 4.39 Å². The summed E-state index contributed by atoms with van der Waals surface area (Å²) in [5.41, 5.74) is 2.77. The summed E-state index contributed by atoms with van der Waals surface area (Å²) < 4.78 is 13.6. The lowest BCUT2D eigenvalue weighted by atomic mass is 9.99. The predicted octanol–water partition coefficient (Wildman–Crippen LogP) is 2.76. The van der Waals surface area contributed by atoms with Crippen molar-refractivity contribution in [1.82, 2.24) is 15.2 Å². The van der Waals surface area contributed by atoms with E-state index in [2.05, 4.69) is 10.3 Å². The molecule has 1 aromatic carbocycles. The molecule has 128 valence electrons. The number of hydrogen-bond donors (Lipinski definition) is 2. The van der Waals surface area contributed by atoms with E-state index in [1.54, 1.807) is 6.07 Å². The van der Waals surface area contributed by atoms with E-state index >= 15 is 0 Å². The Labute approximate surface area is 141 Å². The molecule has 0 bridgehead atoms. The van der Waals surface area contributed by atoms with Gasteiger partial charge in [-0.3, -0.25) is 4.79 Å². The van der Waals surface area contributed by atoms with Crippen molar-refractivity contribution in [1.29, 1.82) is 0 Å². The molecular weight excluding hydrogens is 305 g/mol. The van der Waals surface area contributed by atoms with E-state index in [0.29, 0.717) is 18.4 Å². The average Bonchev–Trinajstić information content (AvgIpc) is 3.01. The van der Waals surface area contributed by atoms with E-state index in [9.17, 15) is 9.18 Å². The summed E-state index contributed by atoms with van der Waals surface area (Å²) in [7, 11) is 0. The van der Waals surface area contributed by atoms with E-state index in [0.717, 1.165) is 41.8 Å². The Morgan fingerprint density at radius 1 is 1.33 bits per heavy atom. The molecule has 2 fully saturated rings. The second kappa shape index (κ2) is 6.20. The summed E-state index contributed by atoms with van der Waals surface area (Å²) in [6.07, 6.45) is 4.03. The van der Waals surface area contributed by atoms with Crippen LogP contribution in [0.15, 0.2) is 18.2 Å². The number of aromatic nitrogens is 1. The fourth-order valence-corrected chi connectivity index (χ4v) is 4.26. The molecule has 2 aliphatic heterocycles. The van der Waals surface area contributed by atoms with Crippen LogP contribution in [0, 0.1) is 18.7 Å². The van der Waals surface area contributed by atoms with E-state index in [4.69, 9.17) is 0 Å². The third-order valence-electron chi connectivity index (χ3n) is 5.61. The highest BCUT2D eigenvalue weighted by atomic mass is 19.1. The minimum atomic E-state index is -0.261. The third-order valence-corrected chi connectivity index (χ3v) is 5.61. The van der Waals surface area contributed by atoms with Crippen LogP contribution in [-0.4, -0.2) is 41.5 Å². The molecule has 4 nitrogen and oxygen atoms in total. The molecule has 5 heteroatoms. The van der Waals surface area contributed by atoms with Gasteiger partial charge in [0.25, 0.3) is 0 Å². The van der Waals surface area contributed by atoms with Gasteiger partial charge in [0, 0.05) is 35.7 Å². The maximum Gasteiger partial charge on any atom is 0.227 e. The first kappa shape index (κ1) is 15.6. The number of nitrogens with zero attached hydrogens (tertiary/aromatic N) is 1. The number of halogens is 1. The van der Waals surface area contributed by atoms with Gasteiger partial charge in [-0.2, -0.15) is 0 Å². The number of nitrogens with one attached hydrogen (secondary N) is 2. The molecule has 2 N–H and O–H groups in total. The van der Waals surface area contributed by atoms with Crippen molar-refractivity contribution in [3.63, 3.8) is 0 Å². The quantitative estimate of drug-likeness (QED) is 0.890. The van der Waals surface area contributed by atoms with Crippen LogP contribution in [0.3, 0.4) is 0 Å². The highest BCUT2D eigenvalue weighted by Gasteiger charge is 2.35. The Hall–Kier alpha value is -1.88. The van der Waals surface area contributed by atoms with Crippen LogP contribution in [-0.2, 0) is 11.2 Å². The molecule has 0 radical (unpaired) electrons. The first-order valence-corrected chi connectivity index (χ1v) is 8.89. The Morgan fingerprint density at radius 3 is 3.08 bits per heavy atom. The normalized spacial score (nSPS) is 24.2. The molecule has 2 atom stereocenters. The molecule has 4 rings (SSSR count). The number of aryl methyl sites for hydroxylation is 1. The molecule has 0 unspecified atom stereocenters. The fourth-order valence-electron chi connectivity index (χ4n) is 4.26. The number of H-pyrrole nitrogens is 1. The lowest BCUT2D eigenvalue weighted by molar-refractivity contribution is -0.129. The van der Waals surface area contributed by atoms with Crippen LogP contribution in [0.5, 0.6) is 0 Å². The summed E-state index contributed by atoms with van der Waals surface area (Å²) in [5, 5.41) is 4.41. The van der Waals surface area contributed by atoms with Gasteiger partial charge < -0.3 is 15.2 Å². The van der Waals surface area contributed by atoms with Crippen LogP contribution in [0.2, 0.25) is 0 Å². The molecule has 24 heavy (non-hydrogen) atoms. The summed E-state index contributed by atoms with van der Waals surface area (Å²) in [4.78, 5) is 18.1. The van der Waals surface area contributed by atoms with Gasteiger partial charge in [-0.05, 0) is 56.0 Å². The van der Waals surface area contributed by atoms with Crippen molar-refractivity contribution >= 4 is 16.8 Å². The van der Waals surface area contributed by atoms with Crippen molar-refractivity contribution < 1.29 is 9.18 Å². The molecule has 2 aliphatic rings. The minimum Gasteiger partial charge on any atom is -0.358 e. The fraction of sp³-hybridized carbons (Fsp3) is 0.526. The lowest BCUT2D eigenvalue weighted by Crippen LogP contribution is -2.36. The van der Waals surface area contributed by atoms with Crippen LogP contribution in [0.1, 0.15) is 30.5 Å². The van der Waals surface area contributed by atoms with Gasteiger partial charge in [0.15, 0.2) is 0 Å². The number of amides is 1. The molecule has 0 aliphatic carbocycles. The summed E-state index contributed by atoms with van der Waals surface area (Å²) in [5.74, 6) is 0.471. The number of likely N-dealkylation sites (tertiary alicyclic amines) is 1. The van der Waals surface area contributed by atoms with Gasteiger partial charge in [0.05, 0.1) is 6.42 Å². The predicted molar refractivity (Wildman–Crippen MR) is 92.4 cm³/mol. The molecule has 2 aromatic rings. The lowest BCUT2D eigenvalue weighted by Gasteiger charge is -2.17. The smallest absolute Gasteiger partial charge is 0.227 e. The Bertz CT molecular complexity index is 755. The van der Waals surface area contributed by atoms with Crippen LogP contribution >= 0.6 is 0 Å². The van der Waals surface area contributed by atoms with E-state index in [1.165, 1.54) is 31.4 Å². The summed E-state index contributed by atoms with van der Waals surface area (Å²) in [6.45, 7) is 4.67. The van der Waals surface area contributed by atoms with Gasteiger partial charge in [-0.1, -0.05) is 6.42 Å². The van der Waals surface area contributed by atoms with E-state index in [1.807, 2.05) is 11.8 Å². The molecule has 1 aromatic heterocycles. The number of carbonyl (C=O) groups excluding carboxylic acids is 1. The maximum absolute atomic E-state index is 13.6. The number of carbonyl (C=O) groups is 1. The summed E-state index contributed by atoms with van der Waals surface area (Å²) >= 11 is 0. The summed E-state index contributed by atoms with van der Waals surface area (Å²) in [6, 6.07) is 5.15. The highest BCUT2D eigenvalue weighted by molar-refractivity contribution is 5.90. The molecule has 1 amide bonds. The van der Waals surface area contributed by atoms with Crippen molar-refractivity contribution in [3.05, 3.63) is 35.3 Å². The Morgan fingerprint density at radius 2 is 2.21 bits per heavy atom. The van der Waals surface area contributed by atoms with Gasteiger partial charge in [0.1, 0.15) is 5.82 Å². The maximum atomic E-state index is 13.6. The number of aromatic amines is 1. The molecule has 3 heterocycles. The SMILES string of the molecule is Cc1[nH]c2ccc(F)cc2c1CC(=O)N1C[C@@H]2CCCCN[C@@H]2C1. The van der Waals surface area contributed by atoms with Crippen molar-refractivity contribution in [2.45, 2.75) is 38.6 Å². The van der Waals surface area contributed by atoms with Gasteiger partial charge in [-0.25, -0.2) is 4.39 Å². The van der Waals surface area contributed by atoms with Crippen molar-refractivity contribution in [2.24, 2.45) is 5.92 Å². The Balaban J connectivity index is 1.52. The van der Waals surface area contributed by atoms with Crippen LogP contribution in [0.25, 0.3) is 10.9 Å². The number of fused-ring (bicyclic) bond motifs is 2. The highest BCUT2D eigenvalue weighted by Crippen LogP contribution is 2.27. The number of rotatable bonds is 2. The van der Waals surface area contributed by atoms with Gasteiger partial charge >= 0.3 is 0 Å². The number of hydrogen-bond acceptors (Lipinski definition) is 2.